The Labute approximate surface area is 86.6 Å². The van der Waals surface area contributed by atoms with Gasteiger partial charge in [0.05, 0.1) is 5.92 Å². The minimum absolute atomic E-state index is 0.366. The van der Waals surface area contributed by atoms with Crippen LogP contribution in [0.2, 0.25) is 0 Å². The third-order valence-corrected chi connectivity index (χ3v) is 1.56. The molecule has 0 radical (unpaired) electrons. The van der Waals surface area contributed by atoms with Crippen LogP contribution < -0.4 is 0 Å². The number of hydrogen-bond donors (Lipinski definition) is 1. The van der Waals surface area contributed by atoms with Crippen molar-refractivity contribution in [1.82, 2.24) is 0 Å². The first-order valence-corrected chi connectivity index (χ1v) is 4.78. The maximum Gasteiger partial charge on any atom is 0.306 e. The van der Waals surface area contributed by atoms with E-state index in [2.05, 4.69) is 13.2 Å². The molecule has 0 fully saturated rings. The molecule has 0 aliphatic carbocycles. The van der Waals surface area contributed by atoms with Crippen LogP contribution in [0.25, 0.3) is 0 Å². The molecule has 0 aliphatic rings. The number of carboxylic acid groups (broad SMARTS) is 1. The van der Waals surface area contributed by atoms with Gasteiger partial charge < -0.3 is 5.11 Å². The molecule has 0 aromatic rings. The molecule has 0 amide bonds. The number of rotatable bonds is 5. The smallest absolute Gasteiger partial charge is 0.306 e. The monoisotopic (exact) mass is 196 g/mol. The molecular weight excluding hydrogens is 176 g/mol. The fourth-order valence-electron chi connectivity index (χ4n) is 0.812. The summed E-state index contributed by atoms with van der Waals surface area (Å²) >= 11 is 0. The summed E-state index contributed by atoms with van der Waals surface area (Å²) in [5.41, 5.74) is 0.903. The summed E-state index contributed by atoms with van der Waals surface area (Å²) in [6.45, 7) is 12.8. The van der Waals surface area contributed by atoms with Gasteiger partial charge in [-0.15, -0.1) is 0 Å². The Morgan fingerprint density at radius 2 is 1.93 bits per heavy atom. The van der Waals surface area contributed by atoms with Crippen LogP contribution >= 0.6 is 0 Å². The van der Waals surface area contributed by atoms with Crippen LogP contribution in [-0.4, -0.2) is 11.1 Å². The molecule has 1 N–H and O–H groups in total. The van der Waals surface area contributed by atoms with Crippen molar-refractivity contribution >= 4 is 5.97 Å². The highest BCUT2D eigenvalue weighted by Crippen LogP contribution is 2.12. The molecule has 0 spiro atoms. The van der Waals surface area contributed by atoms with Crippen LogP contribution in [0.15, 0.2) is 37.0 Å². The highest BCUT2D eigenvalue weighted by molar-refractivity contribution is 5.70. The van der Waals surface area contributed by atoms with E-state index in [0.29, 0.717) is 6.42 Å². The molecule has 0 saturated carbocycles. The lowest BCUT2D eigenvalue weighted by Crippen LogP contribution is -2.09. The summed E-state index contributed by atoms with van der Waals surface area (Å²) in [4.78, 5) is 10.5. The zero-order chi connectivity index (χ0) is 11.6. The Morgan fingerprint density at radius 3 is 2.21 bits per heavy atom. The van der Waals surface area contributed by atoms with E-state index in [4.69, 9.17) is 5.11 Å². The van der Waals surface area contributed by atoms with Crippen LogP contribution in [0.1, 0.15) is 27.2 Å². The molecule has 0 aromatic carbocycles. The van der Waals surface area contributed by atoms with Crippen molar-refractivity contribution in [3.05, 3.63) is 37.0 Å². The molecule has 0 saturated heterocycles. The topological polar surface area (TPSA) is 37.3 Å². The van der Waals surface area contributed by atoms with E-state index in [9.17, 15) is 4.79 Å². The summed E-state index contributed by atoms with van der Waals surface area (Å²) in [5, 5.41) is 8.61. The largest absolute Gasteiger partial charge is 0.481 e. The third-order valence-electron chi connectivity index (χ3n) is 1.56. The van der Waals surface area contributed by atoms with Gasteiger partial charge in [-0.05, 0) is 12.0 Å². The van der Waals surface area contributed by atoms with E-state index >= 15 is 0 Å². The van der Waals surface area contributed by atoms with Crippen molar-refractivity contribution in [2.75, 3.05) is 0 Å². The molecule has 0 rings (SSSR count). The van der Waals surface area contributed by atoms with Gasteiger partial charge in [0.15, 0.2) is 0 Å². The number of aliphatic carboxylic acids is 1. The van der Waals surface area contributed by atoms with Gasteiger partial charge in [0.25, 0.3) is 0 Å². The van der Waals surface area contributed by atoms with Crippen molar-refractivity contribution < 1.29 is 9.90 Å². The number of allylic oxidation sites excluding steroid dienone is 4. The summed E-state index contributed by atoms with van der Waals surface area (Å²) < 4.78 is 0. The minimum Gasteiger partial charge on any atom is -0.481 e. The molecule has 80 valence electrons. The third kappa shape index (κ3) is 7.35. The van der Waals surface area contributed by atoms with E-state index < -0.39 is 5.97 Å². The highest BCUT2D eigenvalue weighted by Gasteiger charge is 2.10. The van der Waals surface area contributed by atoms with E-state index in [1.807, 2.05) is 13.8 Å². The van der Waals surface area contributed by atoms with Crippen LogP contribution in [-0.2, 0) is 4.79 Å². The molecule has 0 bridgehead atoms. The van der Waals surface area contributed by atoms with Gasteiger partial charge in [-0.25, -0.2) is 0 Å². The molecule has 0 heterocycles. The average Bonchev–Trinajstić information content (AvgIpc) is 2.19. The second-order valence-electron chi connectivity index (χ2n) is 2.62. The standard InChI is InChI=1S/C10H14O2.C2H6/c1-4-6-9(5-2)7-8(3)10(11)12;1-2/h4-6,8H,1-2,7H2,3H3,(H,11,12);1-2H3/b9-6+;. The summed E-state index contributed by atoms with van der Waals surface area (Å²) in [6, 6.07) is 0. The van der Waals surface area contributed by atoms with Crippen LogP contribution in [0.3, 0.4) is 0 Å². The predicted molar refractivity (Wildman–Crippen MR) is 61.2 cm³/mol. The predicted octanol–water partition coefficient (Wildman–Crippen LogP) is 3.42. The molecule has 1 atom stereocenters. The van der Waals surface area contributed by atoms with Gasteiger partial charge in [-0.3, -0.25) is 4.79 Å². The van der Waals surface area contributed by atoms with Crippen molar-refractivity contribution in [2.24, 2.45) is 5.92 Å². The Hall–Kier alpha value is -1.31. The van der Waals surface area contributed by atoms with Gasteiger partial charge in [0.1, 0.15) is 0 Å². The lowest BCUT2D eigenvalue weighted by Gasteiger charge is -2.05. The van der Waals surface area contributed by atoms with Gasteiger partial charge in [0.2, 0.25) is 0 Å². The molecular formula is C12H20O2. The van der Waals surface area contributed by atoms with Crippen LogP contribution in [0.4, 0.5) is 0 Å². The Balaban J connectivity index is 0. The van der Waals surface area contributed by atoms with Gasteiger partial charge in [0, 0.05) is 0 Å². The SMILES string of the molecule is C=C/C=C(\C=C)CC(C)C(=O)O.CC. The summed E-state index contributed by atoms with van der Waals surface area (Å²) in [7, 11) is 0. The first-order chi connectivity index (χ1) is 6.61. The molecule has 2 nitrogen and oxygen atoms in total. The summed E-state index contributed by atoms with van der Waals surface area (Å²) in [6.07, 6.45) is 5.56. The maximum absolute atomic E-state index is 10.5. The zero-order valence-electron chi connectivity index (χ0n) is 9.29. The lowest BCUT2D eigenvalue weighted by molar-refractivity contribution is -0.141. The fraction of sp³-hybridized carbons (Fsp3) is 0.417. The Bertz CT molecular complexity index is 214. The van der Waals surface area contributed by atoms with E-state index in [0.717, 1.165) is 5.57 Å². The van der Waals surface area contributed by atoms with E-state index in [-0.39, 0.29) is 5.92 Å². The number of carbonyl (C=O) groups is 1. The number of carboxylic acids is 1. The van der Waals surface area contributed by atoms with Crippen LogP contribution in [0, 0.1) is 5.92 Å². The van der Waals surface area contributed by atoms with Crippen molar-refractivity contribution in [1.29, 1.82) is 0 Å². The second kappa shape index (κ2) is 9.78. The van der Waals surface area contributed by atoms with Crippen LogP contribution in [0.5, 0.6) is 0 Å². The first kappa shape index (κ1) is 15.2. The molecule has 14 heavy (non-hydrogen) atoms. The van der Waals surface area contributed by atoms with Gasteiger partial charge >= 0.3 is 5.97 Å². The van der Waals surface area contributed by atoms with E-state index in [1.165, 1.54) is 0 Å². The number of hydrogen-bond acceptors (Lipinski definition) is 1. The van der Waals surface area contributed by atoms with Gasteiger partial charge in [-0.2, -0.15) is 0 Å². The van der Waals surface area contributed by atoms with Gasteiger partial charge in [-0.1, -0.05) is 52.2 Å². The Morgan fingerprint density at radius 1 is 1.43 bits per heavy atom. The fourth-order valence-corrected chi connectivity index (χ4v) is 0.812. The zero-order valence-corrected chi connectivity index (χ0v) is 9.29. The molecule has 2 heteroatoms. The maximum atomic E-state index is 10.5. The Kier molecular flexibility index (Phi) is 10.6. The second-order valence-corrected chi connectivity index (χ2v) is 2.62. The summed E-state index contributed by atoms with van der Waals surface area (Å²) in [5.74, 6) is -1.15. The minimum atomic E-state index is -0.785. The molecule has 1 unspecified atom stereocenters. The lowest BCUT2D eigenvalue weighted by atomic mass is 10.0. The van der Waals surface area contributed by atoms with Crippen molar-refractivity contribution in [3.63, 3.8) is 0 Å². The van der Waals surface area contributed by atoms with Crippen molar-refractivity contribution in [3.8, 4) is 0 Å². The normalized spacial score (nSPS) is 12.1. The van der Waals surface area contributed by atoms with E-state index in [1.54, 1.807) is 25.2 Å². The average molecular weight is 196 g/mol. The quantitative estimate of drug-likeness (QED) is 0.684. The highest BCUT2D eigenvalue weighted by atomic mass is 16.4. The molecule has 0 aromatic heterocycles. The molecule has 0 aliphatic heterocycles. The van der Waals surface area contributed by atoms with Crippen molar-refractivity contribution in [2.45, 2.75) is 27.2 Å². The first-order valence-electron chi connectivity index (χ1n) is 4.78.